The summed E-state index contributed by atoms with van der Waals surface area (Å²) in [6, 6.07) is 0. The van der Waals surface area contributed by atoms with E-state index in [9.17, 15) is 4.79 Å². The molecule has 6 heteroatoms. The quantitative estimate of drug-likeness (QED) is 0.652. The molecular weight excluding hydrogens is 158 g/mol. The van der Waals surface area contributed by atoms with E-state index in [1.807, 2.05) is 6.92 Å². The molecule has 0 aliphatic rings. The first-order valence-electron chi connectivity index (χ1n) is 3.69. The number of carbonyl (C=O) groups excluding carboxylic acids is 1. The molecule has 0 fully saturated rings. The van der Waals surface area contributed by atoms with Gasteiger partial charge in [0.25, 0.3) is 0 Å². The first-order chi connectivity index (χ1) is 5.74. The van der Waals surface area contributed by atoms with Crippen molar-refractivity contribution in [3.8, 4) is 0 Å². The molecule has 0 saturated heterocycles. The Kier molecular flexibility index (Phi) is 2.62. The summed E-state index contributed by atoms with van der Waals surface area (Å²) in [6.07, 6.45) is 2.62. The average molecular weight is 169 g/mol. The van der Waals surface area contributed by atoms with Crippen LogP contribution < -0.4 is 11.2 Å². The zero-order valence-electron chi connectivity index (χ0n) is 6.82. The highest BCUT2D eigenvalue weighted by Gasteiger charge is 2.02. The number of carbonyl (C=O) groups is 1. The van der Waals surface area contributed by atoms with Crippen LogP contribution in [0.4, 0.5) is 5.95 Å². The van der Waals surface area contributed by atoms with E-state index < -0.39 is 0 Å². The van der Waals surface area contributed by atoms with Crippen LogP contribution in [-0.2, 0) is 4.79 Å². The number of amides is 1. The van der Waals surface area contributed by atoms with Crippen LogP contribution in [0.2, 0.25) is 0 Å². The van der Waals surface area contributed by atoms with Gasteiger partial charge in [0.15, 0.2) is 0 Å². The fourth-order valence-corrected chi connectivity index (χ4v) is 0.747. The maximum absolute atomic E-state index is 11.0. The number of hydrogen-bond acceptors (Lipinski definition) is 4. The summed E-state index contributed by atoms with van der Waals surface area (Å²) >= 11 is 0. The number of nitrogen functional groups attached to an aromatic ring is 1. The summed E-state index contributed by atoms with van der Waals surface area (Å²) in [6.45, 7) is 1.93. The van der Waals surface area contributed by atoms with Crippen molar-refractivity contribution in [2.24, 2.45) is 0 Å². The summed E-state index contributed by atoms with van der Waals surface area (Å²) in [5.41, 5.74) is 7.88. The molecular formula is C6H11N5O. The van der Waals surface area contributed by atoms with Crippen LogP contribution in [0.15, 0.2) is 6.33 Å². The number of nitrogens with two attached hydrogens (primary N) is 1. The Bertz CT molecular complexity index is 269. The molecule has 0 aliphatic carbocycles. The van der Waals surface area contributed by atoms with Crippen LogP contribution in [0, 0.1) is 0 Å². The van der Waals surface area contributed by atoms with Gasteiger partial charge in [0, 0.05) is 6.42 Å². The zero-order chi connectivity index (χ0) is 8.97. The van der Waals surface area contributed by atoms with Crippen LogP contribution >= 0.6 is 0 Å². The van der Waals surface area contributed by atoms with E-state index in [-0.39, 0.29) is 11.9 Å². The molecule has 0 aromatic carbocycles. The van der Waals surface area contributed by atoms with Gasteiger partial charge in [-0.1, -0.05) is 6.92 Å². The van der Waals surface area contributed by atoms with Gasteiger partial charge in [-0.25, -0.2) is 4.68 Å². The van der Waals surface area contributed by atoms with E-state index in [1.54, 1.807) is 0 Å². The molecule has 66 valence electrons. The van der Waals surface area contributed by atoms with Crippen LogP contribution in [0.5, 0.6) is 0 Å². The first-order valence-corrected chi connectivity index (χ1v) is 3.69. The number of aromatic nitrogens is 3. The first kappa shape index (κ1) is 8.51. The van der Waals surface area contributed by atoms with Crippen molar-refractivity contribution >= 4 is 11.9 Å². The molecule has 0 aliphatic heterocycles. The van der Waals surface area contributed by atoms with Gasteiger partial charge in [0.2, 0.25) is 11.9 Å². The highest BCUT2D eigenvalue weighted by atomic mass is 16.2. The predicted octanol–water partition coefficient (Wildman–Crippen LogP) is -0.270. The third-order valence-electron chi connectivity index (χ3n) is 1.30. The third-order valence-corrected chi connectivity index (χ3v) is 1.30. The average Bonchev–Trinajstić information content (AvgIpc) is 2.37. The summed E-state index contributed by atoms with van der Waals surface area (Å²) in [5, 5.41) is 7.01. The van der Waals surface area contributed by atoms with Gasteiger partial charge < -0.3 is 5.73 Å². The largest absolute Gasteiger partial charge is 0.366 e. The van der Waals surface area contributed by atoms with Crippen molar-refractivity contribution < 1.29 is 4.79 Å². The lowest BCUT2D eigenvalue weighted by atomic mass is 10.3. The molecule has 1 aromatic rings. The number of hydrogen-bond donors (Lipinski definition) is 2. The third kappa shape index (κ3) is 1.94. The maximum Gasteiger partial charge on any atom is 0.241 e. The van der Waals surface area contributed by atoms with Crippen molar-refractivity contribution in [1.29, 1.82) is 0 Å². The second kappa shape index (κ2) is 3.70. The van der Waals surface area contributed by atoms with Crippen molar-refractivity contribution in [2.75, 3.05) is 11.2 Å². The summed E-state index contributed by atoms with van der Waals surface area (Å²) in [4.78, 5) is 11.0. The molecule has 0 spiro atoms. The van der Waals surface area contributed by atoms with Gasteiger partial charge in [0.05, 0.1) is 0 Å². The van der Waals surface area contributed by atoms with Gasteiger partial charge in [-0.3, -0.25) is 10.2 Å². The van der Waals surface area contributed by atoms with E-state index in [0.717, 1.165) is 6.42 Å². The van der Waals surface area contributed by atoms with E-state index in [4.69, 9.17) is 5.73 Å². The molecule has 1 rings (SSSR count). The Labute approximate surface area is 69.7 Å². The zero-order valence-corrected chi connectivity index (χ0v) is 6.82. The lowest BCUT2D eigenvalue weighted by Crippen LogP contribution is -2.23. The SMILES string of the molecule is CCCC(=O)Nn1cnnc1N. The molecule has 0 unspecified atom stereocenters. The van der Waals surface area contributed by atoms with Gasteiger partial charge in [-0.05, 0) is 6.42 Å². The molecule has 1 amide bonds. The second-order valence-corrected chi connectivity index (χ2v) is 2.34. The molecule has 3 N–H and O–H groups in total. The van der Waals surface area contributed by atoms with E-state index >= 15 is 0 Å². The Hall–Kier alpha value is -1.59. The maximum atomic E-state index is 11.0. The Balaban J connectivity index is 2.52. The van der Waals surface area contributed by atoms with Gasteiger partial charge in [-0.15, -0.1) is 10.2 Å². The number of nitrogens with one attached hydrogen (secondary N) is 1. The fraction of sp³-hybridized carbons (Fsp3) is 0.500. The standard InChI is InChI=1S/C6H11N5O/c1-2-3-5(12)10-11-4-8-9-6(11)7/h4H,2-3H2,1H3,(H2,7,9)(H,10,12). The Morgan fingerprint density at radius 1 is 1.83 bits per heavy atom. The summed E-state index contributed by atoms with van der Waals surface area (Å²) in [5.74, 6) is 0.0865. The van der Waals surface area contributed by atoms with Crippen molar-refractivity contribution in [1.82, 2.24) is 14.9 Å². The smallest absolute Gasteiger partial charge is 0.241 e. The number of anilines is 1. The summed E-state index contributed by atoms with van der Waals surface area (Å²) < 4.78 is 1.29. The van der Waals surface area contributed by atoms with E-state index in [0.29, 0.717) is 6.42 Å². The predicted molar refractivity (Wildman–Crippen MR) is 43.7 cm³/mol. The number of rotatable bonds is 3. The minimum Gasteiger partial charge on any atom is -0.366 e. The van der Waals surface area contributed by atoms with Crippen molar-refractivity contribution in [3.05, 3.63) is 6.33 Å². The van der Waals surface area contributed by atoms with Crippen molar-refractivity contribution in [2.45, 2.75) is 19.8 Å². The molecule has 0 bridgehead atoms. The lowest BCUT2D eigenvalue weighted by Gasteiger charge is -2.03. The van der Waals surface area contributed by atoms with Crippen molar-refractivity contribution in [3.63, 3.8) is 0 Å². The van der Waals surface area contributed by atoms with Crippen LogP contribution in [-0.4, -0.2) is 20.8 Å². The number of nitrogens with zero attached hydrogens (tertiary/aromatic N) is 3. The molecule has 0 radical (unpaired) electrons. The van der Waals surface area contributed by atoms with E-state index in [1.165, 1.54) is 11.0 Å². The van der Waals surface area contributed by atoms with Gasteiger partial charge in [0.1, 0.15) is 6.33 Å². The summed E-state index contributed by atoms with van der Waals surface area (Å²) in [7, 11) is 0. The normalized spacial score (nSPS) is 9.75. The van der Waals surface area contributed by atoms with Crippen LogP contribution in [0.1, 0.15) is 19.8 Å². The lowest BCUT2D eigenvalue weighted by molar-refractivity contribution is -0.117. The molecule has 1 heterocycles. The highest BCUT2D eigenvalue weighted by Crippen LogP contribution is 1.93. The Morgan fingerprint density at radius 3 is 3.08 bits per heavy atom. The minimum absolute atomic E-state index is 0.0935. The molecule has 6 nitrogen and oxygen atoms in total. The van der Waals surface area contributed by atoms with Gasteiger partial charge in [-0.2, -0.15) is 0 Å². The second-order valence-electron chi connectivity index (χ2n) is 2.34. The molecule has 0 atom stereocenters. The molecule has 12 heavy (non-hydrogen) atoms. The van der Waals surface area contributed by atoms with Gasteiger partial charge >= 0.3 is 0 Å². The van der Waals surface area contributed by atoms with Crippen LogP contribution in [0.3, 0.4) is 0 Å². The highest BCUT2D eigenvalue weighted by molar-refractivity contribution is 5.83. The minimum atomic E-state index is -0.0935. The van der Waals surface area contributed by atoms with Crippen LogP contribution in [0.25, 0.3) is 0 Å². The van der Waals surface area contributed by atoms with E-state index in [2.05, 4.69) is 15.6 Å². The Morgan fingerprint density at radius 2 is 2.58 bits per heavy atom. The monoisotopic (exact) mass is 169 g/mol. The molecule has 1 aromatic heterocycles. The molecule has 0 saturated carbocycles. The fourth-order valence-electron chi connectivity index (χ4n) is 0.747. The topological polar surface area (TPSA) is 85.8 Å².